The first-order valence-electron chi connectivity index (χ1n) is 2.43. The van der Waals surface area contributed by atoms with E-state index in [9.17, 15) is 8.42 Å². The maximum atomic E-state index is 10.4. The third kappa shape index (κ3) is 1.38. The third-order valence-electron chi connectivity index (χ3n) is 0.918. The molecule has 8 heavy (non-hydrogen) atoms. The van der Waals surface area contributed by atoms with Gasteiger partial charge in [0.25, 0.3) is 0 Å². The summed E-state index contributed by atoms with van der Waals surface area (Å²) in [6.45, 7) is 0.346. The Balaban J connectivity index is 2.58. The fourth-order valence-corrected chi connectivity index (χ4v) is 1.44. The average Bonchev–Trinajstić information content (AvgIpc) is 1.65. The fraction of sp³-hybridized carbons (Fsp3) is 0.750. The van der Waals surface area contributed by atoms with Crippen LogP contribution in [0.25, 0.3) is 0 Å². The number of hydrogen-bond acceptors (Lipinski definition) is 3. The van der Waals surface area contributed by atoms with Gasteiger partial charge in [0.2, 0.25) is 5.75 Å². The van der Waals surface area contributed by atoms with Gasteiger partial charge in [-0.3, -0.25) is 0 Å². The molecular weight excluding hydrogens is 128 g/mol. The molecule has 46 valence electrons. The van der Waals surface area contributed by atoms with Gasteiger partial charge < -0.3 is 0 Å². The molecule has 1 heterocycles. The highest BCUT2D eigenvalue weighted by Crippen LogP contribution is 2.11. The molecular formula is C4H7O3S+. The van der Waals surface area contributed by atoms with E-state index in [1.54, 1.807) is 0 Å². The highest BCUT2D eigenvalue weighted by molar-refractivity contribution is 7.88. The molecule has 0 spiro atoms. The summed E-state index contributed by atoms with van der Waals surface area (Å²) in [5, 5.41) is 0. The summed E-state index contributed by atoms with van der Waals surface area (Å²) in [6, 6.07) is 0. The minimum Gasteiger partial charge on any atom is -0.235 e. The zero-order valence-electron chi connectivity index (χ0n) is 4.33. The molecule has 0 unspecified atom stereocenters. The molecule has 4 heteroatoms. The molecule has 3 nitrogen and oxygen atoms in total. The summed E-state index contributed by atoms with van der Waals surface area (Å²) >= 11 is 0. The predicted molar refractivity (Wildman–Crippen MR) is 28.4 cm³/mol. The van der Waals surface area contributed by atoms with Crippen LogP contribution in [0.1, 0.15) is 12.8 Å². The average molecular weight is 135 g/mol. The van der Waals surface area contributed by atoms with Crippen LogP contribution in [-0.4, -0.2) is 15.0 Å². The fourth-order valence-electron chi connectivity index (χ4n) is 0.534. The Morgan fingerprint density at radius 1 is 1.50 bits per heavy atom. The van der Waals surface area contributed by atoms with Crippen molar-refractivity contribution in [1.82, 2.24) is 0 Å². The molecule has 0 aliphatic carbocycles. The van der Waals surface area contributed by atoms with Crippen LogP contribution in [0.3, 0.4) is 0 Å². The van der Waals surface area contributed by atoms with Crippen LogP contribution in [0.15, 0.2) is 0 Å². The normalized spacial score (nSPS) is 26.5. The van der Waals surface area contributed by atoms with Crippen molar-refractivity contribution in [2.24, 2.45) is 0 Å². The molecule has 1 saturated heterocycles. The summed E-state index contributed by atoms with van der Waals surface area (Å²) in [5.41, 5.74) is 0. The summed E-state index contributed by atoms with van der Waals surface area (Å²) < 4.78 is 25.1. The van der Waals surface area contributed by atoms with Crippen molar-refractivity contribution < 1.29 is 12.6 Å². The summed E-state index contributed by atoms with van der Waals surface area (Å²) in [5.74, 6) is 1.20. The van der Waals surface area contributed by atoms with Gasteiger partial charge in [-0.25, -0.2) is 4.18 Å². The van der Waals surface area contributed by atoms with Gasteiger partial charge in [0.15, 0.2) is 0 Å². The van der Waals surface area contributed by atoms with E-state index >= 15 is 0 Å². The van der Waals surface area contributed by atoms with E-state index in [4.69, 9.17) is 0 Å². The molecule has 1 aliphatic rings. The number of rotatable bonds is 0. The van der Waals surface area contributed by atoms with Crippen molar-refractivity contribution in [3.05, 3.63) is 5.75 Å². The van der Waals surface area contributed by atoms with Crippen molar-refractivity contribution in [2.75, 3.05) is 6.61 Å². The minimum absolute atomic E-state index is 0.346. The summed E-state index contributed by atoms with van der Waals surface area (Å²) in [6.07, 6.45) is 1.45. The lowest BCUT2D eigenvalue weighted by atomic mass is 10.4. The first-order chi connectivity index (χ1) is 3.71. The highest BCUT2D eigenvalue weighted by Gasteiger charge is 2.25. The van der Waals surface area contributed by atoms with E-state index < -0.39 is 10.1 Å². The Bertz CT molecular complexity index is 146. The third-order valence-corrected chi connectivity index (χ3v) is 2.06. The van der Waals surface area contributed by atoms with Gasteiger partial charge in [-0.1, -0.05) is 0 Å². The van der Waals surface area contributed by atoms with Gasteiger partial charge in [0.05, 0.1) is 6.61 Å². The second kappa shape index (κ2) is 1.95. The molecule has 0 N–H and O–H groups in total. The first kappa shape index (κ1) is 5.91. The van der Waals surface area contributed by atoms with Gasteiger partial charge in [-0.15, -0.1) is 0 Å². The molecule has 0 bridgehead atoms. The smallest absolute Gasteiger partial charge is 0.235 e. The van der Waals surface area contributed by atoms with Crippen LogP contribution in [0.5, 0.6) is 0 Å². The zero-order valence-corrected chi connectivity index (χ0v) is 5.15. The van der Waals surface area contributed by atoms with Crippen LogP contribution in [0.2, 0.25) is 0 Å². The van der Waals surface area contributed by atoms with Crippen LogP contribution < -0.4 is 0 Å². The second-order valence-corrected chi connectivity index (χ2v) is 3.18. The van der Waals surface area contributed by atoms with Crippen LogP contribution >= 0.6 is 0 Å². The summed E-state index contributed by atoms with van der Waals surface area (Å²) in [7, 11) is -3.21. The molecule has 0 aromatic carbocycles. The van der Waals surface area contributed by atoms with Crippen molar-refractivity contribution in [3.8, 4) is 0 Å². The molecule has 0 amide bonds. The van der Waals surface area contributed by atoms with E-state index in [0.29, 0.717) is 13.0 Å². The van der Waals surface area contributed by atoms with Crippen molar-refractivity contribution in [2.45, 2.75) is 12.8 Å². The Morgan fingerprint density at radius 2 is 2.25 bits per heavy atom. The van der Waals surface area contributed by atoms with E-state index in [0.717, 1.165) is 6.42 Å². The lowest BCUT2D eigenvalue weighted by Gasteiger charge is -2.00. The first-order valence-corrected chi connectivity index (χ1v) is 3.90. The quantitative estimate of drug-likeness (QED) is 0.354. The molecule has 0 atom stereocenters. The van der Waals surface area contributed by atoms with Gasteiger partial charge in [0.1, 0.15) is 6.42 Å². The van der Waals surface area contributed by atoms with Gasteiger partial charge in [-0.05, 0) is 0 Å². The SMILES string of the molecule is O=S1(=O)[CH+]CCCO1. The maximum absolute atomic E-state index is 10.4. The van der Waals surface area contributed by atoms with Crippen molar-refractivity contribution in [3.63, 3.8) is 0 Å². The van der Waals surface area contributed by atoms with E-state index in [1.165, 1.54) is 5.75 Å². The van der Waals surface area contributed by atoms with Crippen LogP contribution in [0.4, 0.5) is 0 Å². The van der Waals surface area contributed by atoms with E-state index in [-0.39, 0.29) is 0 Å². The van der Waals surface area contributed by atoms with Gasteiger partial charge in [0, 0.05) is 6.42 Å². The highest BCUT2D eigenvalue weighted by atomic mass is 32.2. The predicted octanol–water partition coefficient (Wildman–Crippen LogP) is 0.288. The second-order valence-electron chi connectivity index (χ2n) is 1.62. The Labute approximate surface area is 48.8 Å². The van der Waals surface area contributed by atoms with Crippen LogP contribution in [0, 0.1) is 5.75 Å². The van der Waals surface area contributed by atoms with Crippen molar-refractivity contribution >= 4 is 10.1 Å². The standard InChI is InChI=1S/C4H7O3S/c5-8(6)4-2-1-3-7-8/h4H,1-3H2/q+1. The molecule has 0 aromatic rings. The summed E-state index contributed by atoms with van der Waals surface area (Å²) in [4.78, 5) is 0. The van der Waals surface area contributed by atoms with Gasteiger partial charge in [-0.2, -0.15) is 8.42 Å². The van der Waals surface area contributed by atoms with Crippen LogP contribution in [-0.2, 0) is 14.3 Å². The molecule has 1 fully saturated rings. The Hall–Kier alpha value is -0.220. The maximum Gasteiger partial charge on any atom is 0.424 e. The molecule has 1 rings (SSSR count). The topological polar surface area (TPSA) is 43.4 Å². The lowest BCUT2D eigenvalue weighted by Crippen LogP contribution is -2.12. The molecule has 0 aromatic heterocycles. The van der Waals surface area contributed by atoms with Gasteiger partial charge >= 0.3 is 10.1 Å². The largest absolute Gasteiger partial charge is 0.424 e. The Kier molecular flexibility index (Phi) is 1.44. The molecule has 0 saturated carbocycles. The zero-order chi connectivity index (χ0) is 6.04. The Morgan fingerprint density at radius 3 is 2.50 bits per heavy atom. The number of hydrogen-bond donors (Lipinski definition) is 0. The lowest BCUT2D eigenvalue weighted by molar-refractivity contribution is 0.300. The molecule has 1 aliphatic heterocycles. The molecule has 0 radical (unpaired) electrons. The van der Waals surface area contributed by atoms with E-state index in [1.807, 2.05) is 0 Å². The minimum atomic E-state index is -3.21. The van der Waals surface area contributed by atoms with Crippen molar-refractivity contribution in [1.29, 1.82) is 0 Å². The monoisotopic (exact) mass is 135 g/mol. The van der Waals surface area contributed by atoms with E-state index in [2.05, 4.69) is 4.18 Å².